The Balaban J connectivity index is 2.41. The van der Waals surface area contributed by atoms with E-state index in [1.807, 2.05) is 13.8 Å². The van der Waals surface area contributed by atoms with Crippen molar-refractivity contribution in [2.75, 3.05) is 18.9 Å². The topological polar surface area (TPSA) is 58.0 Å². The van der Waals surface area contributed by atoms with E-state index in [0.29, 0.717) is 0 Å². The number of hydrogen-bond acceptors (Lipinski definition) is 6. The predicted molar refractivity (Wildman–Crippen MR) is 59.8 cm³/mol. The van der Waals surface area contributed by atoms with Gasteiger partial charge in [-0.25, -0.2) is 0 Å². The lowest BCUT2D eigenvalue weighted by molar-refractivity contribution is 0.194. The third-order valence-corrected chi connectivity index (χ3v) is 4.04. The van der Waals surface area contributed by atoms with Gasteiger partial charge in [0.2, 0.25) is 0 Å². The molecule has 0 aliphatic rings. The summed E-state index contributed by atoms with van der Waals surface area (Å²) in [6.07, 6.45) is 0. The van der Waals surface area contributed by atoms with Crippen molar-refractivity contribution < 1.29 is 5.11 Å². The maximum Gasteiger partial charge on any atom is 0.174 e. The van der Waals surface area contributed by atoms with Crippen LogP contribution in [-0.2, 0) is 0 Å². The van der Waals surface area contributed by atoms with E-state index in [1.165, 1.54) is 11.3 Å². The number of aliphatic hydroxyl groups is 1. The Bertz CT molecular complexity index is 255. The normalized spacial score (nSPS) is 15.4. The number of aliphatic hydroxyl groups excluding tert-OH is 1. The van der Waals surface area contributed by atoms with E-state index >= 15 is 0 Å². The molecule has 0 aliphatic heterocycles. The number of hydrogen-bond donors (Lipinski definition) is 2. The average Bonchev–Trinajstić information content (AvgIpc) is 2.68. The highest BCUT2D eigenvalue weighted by Crippen LogP contribution is 2.23. The summed E-state index contributed by atoms with van der Waals surface area (Å²) in [6, 6.07) is 0. The van der Waals surface area contributed by atoms with Gasteiger partial charge in [-0.3, -0.25) is 0 Å². The van der Waals surface area contributed by atoms with Crippen LogP contribution in [0, 0.1) is 0 Å². The van der Waals surface area contributed by atoms with Crippen LogP contribution in [0.5, 0.6) is 0 Å². The minimum absolute atomic E-state index is 0.132. The van der Waals surface area contributed by atoms with Gasteiger partial charge < -0.3 is 10.4 Å². The summed E-state index contributed by atoms with van der Waals surface area (Å²) in [5.74, 6) is 0.798. The van der Waals surface area contributed by atoms with Crippen molar-refractivity contribution in [1.29, 1.82) is 0 Å². The van der Waals surface area contributed by atoms with E-state index in [1.54, 1.807) is 17.3 Å². The molecule has 14 heavy (non-hydrogen) atoms. The molecule has 1 unspecified atom stereocenters. The second-order valence-corrected chi connectivity index (χ2v) is 5.30. The molecule has 2 N–H and O–H groups in total. The van der Waals surface area contributed by atoms with Crippen molar-refractivity contribution >= 4 is 23.1 Å². The number of likely N-dealkylation sites (N-methyl/N-ethyl adjacent to an activating group) is 1. The zero-order chi connectivity index (χ0) is 10.4. The van der Waals surface area contributed by atoms with Gasteiger partial charge in [0.1, 0.15) is 5.51 Å². The molecule has 0 fully saturated rings. The molecule has 0 radical (unpaired) electrons. The standard InChI is InChI=1S/C8H15N3OS2/c1-3-9-8(2,4-12)5-13-7-11-10-6-14-7/h6,9,12H,3-5H2,1-2H3. The minimum atomic E-state index is -0.231. The Morgan fingerprint density at radius 1 is 1.71 bits per heavy atom. The fraction of sp³-hybridized carbons (Fsp3) is 0.750. The molecular formula is C8H15N3OS2. The Labute approximate surface area is 92.1 Å². The number of rotatable bonds is 6. The molecule has 0 saturated heterocycles. The third kappa shape index (κ3) is 3.53. The van der Waals surface area contributed by atoms with E-state index in [9.17, 15) is 5.11 Å². The predicted octanol–water partition coefficient (Wildman–Crippen LogP) is 0.991. The SMILES string of the molecule is CCNC(C)(CO)CSc1nncs1. The molecule has 0 saturated carbocycles. The number of nitrogens with one attached hydrogen (secondary N) is 1. The van der Waals surface area contributed by atoms with Gasteiger partial charge >= 0.3 is 0 Å². The monoisotopic (exact) mass is 233 g/mol. The van der Waals surface area contributed by atoms with Crippen LogP contribution < -0.4 is 5.32 Å². The first-order valence-corrected chi connectivity index (χ1v) is 6.31. The molecule has 0 amide bonds. The van der Waals surface area contributed by atoms with Gasteiger partial charge in [-0.1, -0.05) is 30.0 Å². The summed E-state index contributed by atoms with van der Waals surface area (Å²) < 4.78 is 0.947. The van der Waals surface area contributed by atoms with Crippen LogP contribution >= 0.6 is 23.1 Å². The van der Waals surface area contributed by atoms with Crippen molar-refractivity contribution in [1.82, 2.24) is 15.5 Å². The van der Waals surface area contributed by atoms with Crippen molar-refractivity contribution in [3.8, 4) is 0 Å². The van der Waals surface area contributed by atoms with Crippen LogP contribution in [0.2, 0.25) is 0 Å². The molecule has 4 nitrogen and oxygen atoms in total. The van der Waals surface area contributed by atoms with Crippen molar-refractivity contribution in [2.45, 2.75) is 23.7 Å². The summed E-state index contributed by atoms with van der Waals surface area (Å²) in [6.45, 7) is 5.02. The Morgan fingerprint density at radius 3 is 3.00 bits per heavy atom. The quantitative estimate of drug-likeness (QED) is 0.718. The first kappa shape index (κ1) is 11.9. The highest BCUT2D eigenvalue weighted by Gasteiger charge is 2.22. The molecule has 0 spiro atoms. The Morgan fingerprint density at radius 2 is 2.50 bits per heavy atom. The fourth-order valence-corrected chi connectivity index (χ4v) is 2.62. The smallest absolute Gasteiger partial charge is 0.174 e. The molecule has 1 heterocycles. The van der Waals surface area contributed by atoms with Crippen molar-refractivity contribution in [3.05, 3.63) is 5.51 Å². The molecule has 0 aliphatic carbocycles. The molecule has 1 aromatic heterocycles. The number of thioether (sulfide) groups is 1. The lowest BCUT2D eigenvalue weighted by Gasteiger charge is -2.27. The molecule has 1 rings (SSSR count). The van der Waals surface area contributed by atoms with Crippen LogP contribution in [0.3, 0.4) is 0 Å². The highest BCUT2D eigenvalue weighted by molar-refractivity contribution is 8.01. The summed E-state index contributed by atoms with van der Waals surface area (Å²) >= 11 is 3.14. The minimum Gasteiger partial charge on any atom is -0.394 e. The number of aromatic nitrogens is 2. The fourth-order valence-electron chi connectivity index (χ4n) is 1.03. The van der Waals surface area contributed by atoms with Crippen LogP contribution in [-0.4, -0.2) is 39.7 Å². The van der Waals surface area contributed by atoms with Crippen molar-refractivity contribution in [2.24, 2.45) is 0 Å². The van der Waals surface area contributed by atoms with E-state index in [4.69, 9.17) is 0 Å². The largest absolute Gasteiger partial charge is 0.394 e. The van der Waals surface area contributed by atoms with Crippen LogP contribution in [0.4, 0.5) is 0 Å². The highest BCUT2D eigenvalue weighted by atomic mass is 32.2. The van der Waals surface area contributed by atoms with Gasteiger partial charge in [-0.05, 0) is 13.5 Å². The zero-order valence-electron chi connectivity index (χ0n) is 8.36. The van der Waals surface area contributed by atoms with Crippen LogP contribution in [0.15, 0.2) is 9.85 Å². The first-order valence-electron chi connectivity index (χ1n) is 4.45. The van der Waals surface area contributed by atoms with E-state index in [-0.39, 0.29) is 12.1 Å². The number of nitrogens with zero attached hydrogens (tertiary/aromatic N) is 2. The van der Waals surface area contributed by atoms with Gasteiger partial charge in [0.25, 0.3) is 0 Å². The second-order valence-electron chi connectivity index (χ2n) is 3.24. The van der Waals surface area contributed by atoms with E-state index < -0.39 is 0 Å². The van der Waals surface area contributed by atoms with Gasteiger partial charge in [0.05, 0.1) is 6.61 Å². The molecular weight excluding hydrogens is 218 g/mol. The molecule has 1 atom stereocenters. The van der Waals surface area contributed by atoms with Gasteiger partial charge in [0.15, 0.2) is 4.34 Å². The summed E-state index contributed by atoms with van der Waals surface area (Å²) in [5.41, 5.74) is 1.48. The average molecular weight is 233 g/mol. The molecule has 0 aromatic carbocycles. The third-order valence-electron chi connectivity index (χ3n) is 1.81. The second kappa shape index (κ2) is 5.65. The van der Waals surface area contributed by atoms with E-state index in [0.717, 1.165) is 16.6 Å². The van der Waals surface area contributed by atoms with Gasteiger partial charge in [-0.2, -0.15) is 0 Å². The lowest BCUT2D eigenvalue weighted by atomic mass is 10.1. The van der Waals surface area contributed by atoms with Crippen LogP contribution in [0.1, 0.15) is 13.8 Å². The summed E-state index contributed by atoms with van der Waals surface area (Å²) in [7, 11) is 0. The molecule has 80 valence electrons. The zero-order valence-corrected chi connectivity index (χ0v) is 9.99. The Hall–Kier alpha value is -0.170. The first-order chi connectivity index (χ1) is 6.70. The molecule has 0 bridgehead atoms. The van der Waals surface area contributed by atoms with E-state index in [2.05, 4.69) is 15.5 Å². The maximum atomic E-state index is 9.24. The van der Waals surface area contributed by atoms with Gasteiger partial charge in [0, 0.05) is 11.3 Å². The Kier molecular flexibility index (Phi) is 4.80. The lowest BCUT2D eigenvalue weighted by Crippen LogP contribution is -2.47. The molecule has 6 heteroatoms. The molecule has 1 aromatic rings. The van der Waals surface area contributed by atoms with Gasteiger partial charge in [-0.15, -0.1) is 10.2 Å². The summed E-state index contributed by atoms with van der Waals surface area (Å²) in [4.78, 5) is 0. The van der Waals surface area contributed by atoms with Crippen LogP contribution in [0.25, 0.3) is 0 Å². The van der Waals surface area contributed by atoms with Crippen molar-refractivity contribution in [3.63, 3.8) is 0 Å². The maximum absolute atomic E-state index is 9.24. The summed E-state index contributed by atoms with van der Waals surface area (Å²) in [5, 5.41) is 20.2.